The molecule has 0 aliphatic rings. The molecule has 0 heterocycles. The van der Waals surface area contributed by atoms with Crippen molar-refractivity contribution >= 4 is 23.3 Å². The van der Waals surface area contributed by atoms with Gasteiger partial charge in [0.1, 0.15) is 0 Å². The third-order valence-electron chi connectivity index (χ3n) is 4.03. The Bertz CT molecular complexity index is 784. The third-order valence-corrected chi connectivity index (χ3v) is 4.03. The summed E-state index contributed by atoms with van der Waals surface area (Å²) in [5.41, 5.74) is 2.33. The summed E-state index contributed by atoms with van der Waals surface area (Å²) >= 11 is 0. The largest absolute Gasteiger partial charge is 0.481 e. The van der Waals surface area contributed by atoms with Crippen LogP contribution < -0.4 is 5.32 Å². The summed E-state index contributed by atoms with van der Waals surface area (Å²) in [7, 11) is 0. The van der Waals surface area contributed by atoms with Gasteiger partial charge < -0.3 is 10.4 Å². The highest BCUT2D eigenvalue weighted by atomic mass is 16.4. The Morgan fingerprint density at radius 1 is 0.923 bits per heavy atom. The van der Waals surface area contributed by atoms with Gasteiger partial charge >= 0.3 is 5.97 Å². The first kappa shape index (κ1) is 19.4. The van der Waals surface area contributed by atoms with Crippen LogP contribution in [0.5, 0.6) is 0 Å². The van der Waals surface area contributed by atoms with E-state index in [0.717, 1.165) is 18.4 Å². The van der Waals surface area contributed by atoms with Crippen LogP contribution >= 0.6 is 0 Å². The number of hydrogen-bond acceptors (Lipinski definition) is 3. The van der Waals surface area contributed by atoms with Crippen LogP contribution in [0.4, 0.5) is 5.69 Å². The molecule has 2 aromatic carbocycles. The molecule has 5 nitrogen and oxygen atoms in total. The predicted octanol–water partition coefficient (Wildman–Crippen LogP) is 4.53. The second kappa shape index (κ2) is 9.51. The minimum absolute atomic E-state index is 0.114. The Kier molecular flexibility index (Phi) is 7.09. The van der Waals surface area contributed by atoms with Gasteiger partial charge in [0.25, 0.3) is 0 Å². The van der Waals surface area contributed by atoms with Crippen molar-refractivity contribution in [3.63, 3.8) is 0 Å². The molecule has 0 radical (unpaired) electrons. The standard InChI is InChI=1S/C21H23NO4/c1-2-3-12-19(24)22-17-11-7-10-16(15-8-5-4-6-9-15)21(17)18(23)13-14-20(25)26/h4-11H,2-3,12-14H2,1H3,(H,22,24)(H,25,26). The first-order valence-corrected chi connectivity index (χ1v) is 8.76. The second-order valence-electron chi connectivity index (χ2n) is 6.06. The number of carbonyl (C=O) groups excluding carboxylic acids is 2. The molecule has 0 bridgehead atoms. The van der Waals surface area contributed by atoms with Gasteiger partial charge in [0.15, 0.2) is 5.78 Å². The van der Waals surface area contributed by atoms with Crippen LogP contribution in [0, 0.1) is 0 Å². The van der Waals surface area contributed by atoms with Crippen molar-refractivity contribution in [3.05, 3.63) is 54.1 Å². The van der Waals surface area contributed by atoms with E-state index in [1.165, 1.54) is 0 Å². The zero-order valence-corrected chi connectivity index (χ0v) is 14.8. The van der Waals surface area contributed by atoms with Gasteiger partial charge in [0.2, 0.25) is 5.91 Å². The normalized spacial score (nSPS) is 10.3. The molecule has 0 atom stereocenters. The van der Waals surface area contributed by atoms with E-state index in [0.29, 0.717) is 23.2 Å². The van der Waals surface area contributed by atoms with Gasteiger partial charge in [-0.3, -0.25) is 14.4 Å². The lowest BCUT2D eigenvalue weighted by molar-refractivity contribution is -0.137. The molecule has 2 N–H and O–H groups in total. The van der Waals surface area contributed by atoms with E-state index >= 15 is 0 Å². The van der Waals surface area contributed by atoms with Crippen LogP contribution in [-0.4, -0.2) is 22.8 Å². The molecule has 0 unspecified atom stereocenters. The SMILES string of the molecule is CCCCC(=O)Nc1cccc(-c2ccccc2)c1C(=O)CCC(=O)O. The topological polar surface area (TPSA) is 83.5 Å². The lowest BCUT2D eigenvalue weighted by Crippen LogP contribution is -2.15. The number of carboxylic acid groups (broad SMARTS) is 1. The first-order valence-electron chi connectivity index (χ1n) is 8.76. The van der Waals surface area contributed by atoms with Crippen molar-refractivity contribution in [2.45, 2.75) is 39.0 Å². The number of aliphatic carboxylic acids is 1. The number of carbonyl (C=O) groups is 3. The van der Waals surface area contributed by atoms with Crippen LogP contribution in [0.3, 0.4) is 0 Å². The minimum Gasteiger partial charge on any atom is -0.481 e. The molecule has 0 spiro atoms. The van der Waals surface area contributed by atoms with E-state index in [1.807, 2.05) is 43.3 Å². The number of Topliss-reactive ketones (excluding diaryl/α,β-unsaturated/α-hetero) is 1. The summed E-state index contributed by atoms with van der Waals surface area (Å²) < 4.78 is 0. The maximum Gasteiger partial charge on any atom is 0.303 e. The van der Waals surface area contributed by atoms with Gasteiger partial charge in [-0.2, -0.15) is 0 Å². The van der Waals surface area contributed by atoms with Gasteiger partial charge in [-0.15, -0.1) is 0 Å². The average Bonchev–Trinajstić information content (AvgIpc) is 2.65. The number of amides is 1. The molecule has 0 aliphatic heterocycles. The van der Waals surface area contributed by atoms with Crippen LogP contribution in [-0.2, 0) is 9.59 Å². The van der Waals surface area contributed by atoms with Crippen LogP contribution in [0.15, 0.2) is 48.5 Å². The summed E-state index contributed by atoms with van der Waals surface area (Å²) in [6.07, 6.45) is 1.70. The second-order valence-corrected chi connectivity index (χ2v) is 6.06. The molecule has 0 saturated heterocycles. The molecular weight excluding hydrogens is 330 g/mol. The number of ketones is 1. The Balaban J connectivity index is 2.41. The smallest absolute Gasteiger partial charge is 0.303 e. The number of carboxylic acids is 1. The van der Waals surface area contributed by atoms with Crippen LogP contribution in [0.2, 0.25) is 0 Å². The van der Waals surface area contributed by atoms with Crippen molar-refractivity contribution in [1.82, 2.24) is 0 Å². The fraction of sp³-hybridized carbons (Fsp3) is 0.286. The van der Waals surface area contributed by atoms with Gasteiger partial charge in [-0.1, -0.05) is 55.8 Å². The van der Waals surface area contributed by atoms with E-state index in [1.54, 1.807) is 12.1 Å². The number of hydrogen-bond donors (Lipinski definition) is 2. The van der Waals surface area contributed by atoms with Gasteiger partial charge in [-0.25, -0.2) is 0 Å². The first-order chi connectivity index (χ1) is 12.5. The van der Waals surface area contributed by atoms with E-state index in [9.17, 15) is 14.4 Å². The zero-order valence-electron chi connectivity index (χ0n) is 14.8. The van der Waals surface area contributed by atoms with Gasteiger partial charge in [0.05, 0.1) is 12.1 Å². The summed E-state index contributed by atoms with van der Waals surface area (Å²) in [4.78, 5) is 35.7. The molecule has 0 aliphatic carbocycles. The van der Waals surface area contributed by atoms with Gasteiger partial charge in [-0.05, 0) is 23.6 Å². The molecule has 5 heteroatoms. The number of anilines is 1. The van der Waals surface area contributed by atoms with E-state index in [4.69, 9.17) is 5.11 Å². The number of nitrogens with one attached hydrogen (secondary N) is 1. The third kappa shape index (κ3) is 5.28. The number of unbranched alkanes of at least 4 members (excludes halogenated alkanes) is 1. The highest BCUT2D eigenvalue weighted by Crippen LogP contribution is 2.31. The van der Waals surface area contributed by atoms with E-state index in [-0.39, 0.29) is 24.5 Å². The Morgan fingerprint density at radius 3 is 2.31 bits per heavy atom. The highest BCUT2D eigenvalue weighted by Gasteiger charge is 2.19. The average molecular weight is 353 g/mol. The van der Waals surface area contributed by atoms with Crippen molar-refractivity contribution in [3.8, 4) is 11.1 Å². The Hall–Kier alpha value is -2.95. The Labute approximate surface area is 153 Å². The minimum atomic E-state index is -1.02. The van der Waals surface area contributed by atoms with Crippen LogP contribution in [0.25, 0.3) is 11.1 Å². The molecular formula is C21H23NO4. The molecule has 0 aromatic heterocycles. The Morgan fingerprint density at radius 2 is 1.65 bits per heavy atom. The maximum atomic E-state index is 12.7. The lowest BCUT2D eigenvalue weighted by atomic mass is 9.93. The number of rotatable bonds is 9. The predicted molar refractivity (Wildman–Crippen MR) is 101 cm³/mol. The van der Waals surface area contributed by atoms with Crippen molar-refractivity contribution in [2.75, 3.05) is 5.32 Å². The quantitative estimate of drug-likeness (QED) is 0.649. The molecule has 136 valence electrons. The molecule has 0 saturated carbocycles. The maximum absolute atomic E-state index is 12.7. The van der Waals surface area contributed by atoms with Crippen LogP contribution in [0.1, 0.15) is 49.4 Å². The molecule has 0 fully saturated rings. The zero-order chi connectivity index (χ0) is 18.9. The van der Waals surface area contributed by atoms with E-state index in [2.05, 4.69) is 5.32 Å². The van der Waals surface area contributed by atoms with E-state index < -0.39 is 5.97 Å². The van der Waals surface area contributed by atoms with Crippen molar-refractivity contribution < 1.29 is 19.5 Å². The summed E-state index contributed by atoms with van der Waals surface area (Å²) in [5, 5.41) is 11.7. The highest BCUT2D eigenvalue weighted by molar-refractivity contribution is 6.10. The summed E-state index contributed by atoms with van der Waals surface area (Å²) in [5.74, 6) is -1.47. The molecule has 2 rings (SSSR count). The lowest BCUT2D eigenvalue weighted by Gasteiger charge is -2.15. The molecule has 2 aromatic rings. The summed E-state index contributed by atoms with van der Waals surface area (Å²) in [6.45, 7) is 2.00. The molecule has 26 heavy (non-hydrogen) atoms. The monoisotopic (exact) mass is 353 g/mol. The van der Waals surface area contributed by atoms with Crippen molar-refractivity contribution in [1.29, 1.82) is 0 Å². The fourth-order valence-corrected chi connectivity index (χ4v) is 2.71. The van der Waals surface area contributed by atoms with Gasteiger partial charge in [0, 0.05) is 18.4 Å². The fourth-order valence-electron chi connectivity index (χ4n) is 2.71. The summed E-state index contributed by atoms with van der Waals surface area (Å²) in [6, 6.07) is 14.7. The molecule has 1 amide bonds. The van der Waals surface area contributed by atoms with Crippen molar-refractivity contribution in [2.24, 2.45) is 0 Å². The number of benzene rings is 2.